The predicted molar refractivity (Wildman–Crippen MR) is 137 cm³/mol. The van der Waals surface area contributed by atoms with Gasteiger partial charge in [0.15, 0.2) is 11.6 Å². The molecule has 5 aromatic rings. The van der Waals surface area contributed by atoms with Crippen LogP contribution in [0.15, 0.2) is 37.0 Å². The number of hydrogen-bond donors (Lipinski definition) is 1. The van der Waals surface area contributed by atoms with Gasteiger partial charge in [0.05, 0.1) is 37.9 Å². The maximum Gasteiger partial charge on any atom is 0.295 e. The number of rotatable bonds is 6. The topological polar surface area (TPSA) is 166 Å². The Balaban J connectivity index is 1.26. The van der Waals surface area contributed by atoms with Gasteiger partial charge in [-0.3, -0.25) is 9.59 Å². The number of piperazine rings is 1. The van der Waals surface area contributed by atoms with Gasteiger partial charge in [0.25, 0.3) is 17.6 Å². The zero-order chi connectivity index (χ0) is 34.7. The number of methoxy groups -OCH3 is 1. The highest BCUT2D eigenvalue weighted by atomic mass is 16.5. The number of nitrogens with zero attached hydrogens (tertiary/aromatic N) is 11. The van der Waals surface area contributed by atoms with Crippen LogP contribution in [0.25, 0.3) is 22.5 Å². The molecule has 0 unspecified atom stereocenters. The van der Waals surface area contributed by atoms with Gasteiger partial charge in [-0.1, -0.05) is 11.1 Å². The summed E-state index contributed by atoms with van der Waals surface area (Å²) in [5, 5.41) is 15.4. The van der Waals surface area contributed by atoms with Crippen LogP contribution >= 0.6 is 0 Å². The quantitative estimate of drug-likeness (QED) is 0.239. The molecule has 1 fully saturated rings. The molecule has 39 heavy (non-hydrogen) atoms. The summed E-state index contributed by atoms with van der Waals surface area (Å²) in [4.78, 5) is 44.9. The summed E-state index contributed by atoms with van der Waals surface area (Å²) in [6, 6.07) is -0.452. The summed E-state index contributed by atoms with van der Waals surface area (Å²) in [7, 11) is -2.94. The molecule has 6 heterocycles. The Hall–Kier alpha value is -5.21. The highest BCUT2D eigenvalue weighted by molar-refractivity contribution is 6.45. The summed E-state index contributed by atoms with van der Waals surface area (Å²) in [6.07, 6.45) is 3.12. The number of Topliss-reactive ketones (excluding diaryl/α,β-unsaturated/α-hetero) is 1. The smallest absolute Gasteiger partial charge is 0.295 e. The average molecular weight is 538 g/mol. The van der Waals surface area contributed by atoms with Gasteiger partial charge >= 0.3 is 0 Å². The number of H-pyrrole nitrogens is 1. The van der Waals surface area contributed by atoms with Crippen LogP contribution in [0.4, 0.5) is 5.95 Å². The number of hydrogen-bond acceptors (Lipinski definition) is 11. The van der Waals surface area contributed by atoms with Gasteiger partial charge in [-0.2, -0.15) is 9.78 Å². The number of amides is 1. The maximum absolute atomic E-state index is 13.6. The standard InChI is InChI=1S/C24H24N12O3/c1-14-4-5-18(25-10-14)36-24(29-31-32-36)34-8-6-33(7-9-34)23(38)21(37)16-11-26-20-19(16)17(39-3)12-27-22(20)35-13-28-15(2)30-35/h4-5,10-13,26H,6-9H2,1-3H3/i2D3,3D3,4D,5D,10D. The number of carbonyl (C=O) groups is 2. The van der Waals surface area contributed by atoms with Crippen LogP contribution < -0.4 is 9.64 Å². The molecule has 0 aliphatic carbocycles. The second-order valence-corrected chi connectivity index (χ2v) is 8.43. The lowest BCUT2D eigenvalue weighted by molar-refractivity contribution is -0.126. The lowest BCUT2D eigenvalue weighted by Crippen LogP contribution is -2.51. The molecule has 198 valence electrons. The Morgan fingerprint density at radius 3 is 2.82 bits per heavy atom. The van der Waals surface area contributed by atoms with E-state index >= 15 is 0 Å². The fourth-order valence-electron chi connectivity index (χ4n) is 4.23. The molecule has 0 spiro atoms. The largest absolute Gasteiger partial charge is 0.494 e. The molecular formula is C24H24N12O3. The Morgan fingerprint density at radius 2 is 2.03 bits per heavy atom. The lowest BCUT2D eigenvalue weighted by Gasteiger charge is -2.34. The number of aromatic nitrogens is 10. The van der Waals surface area contributed by atoms with E-state index in [0.717, 1.165) is 21.9 Å². The highest BCUT2D eigenvalue weighted by Crippen LogP contribution is 2.32. The van der Waals surface area contributed by atoms with E-state index in [4.69, 9.17) is 17.1 Å². The van der Waals surface area contributed by atoms with Crippen molar-refractivity contribution in [2.75, 3.05) is 38.1 Å². The van der Waals surface area contributed by atoms with Gasteiger partial charge in [-0.15, -0.1) is 0 Å². The molecule has 6 rings (SSSR count). The summed E-state index contributed by atoms with van der Waals surface area (Å²) < 4.78 is 77.0. The van der Waals surface area contributed by atoms with E-state index in [1.165, 1.54) is 18.0 Å². The number of fused-ring (bicyclic) bond motifs is 1. The lowest BCUT2D eigenvalue weighted by atomic mass is 10.1. The molecule has 0 atom stereocenters. The molecule has 1 aliphatic rings. The van der Waals surface area contributed by atoms with Crippen molar-refractivity contribution in [2.24, 2.45) is 0 Å². The third-order valence-corrected chi connectivity index (χ3v) is 6.11. The molecule has 0 aromatic carbocycles. The molecule has 15 nitrogen and oxygen atoms in total. The summed E-state index contributed by atoms with van der Waals surface area (Å²) in [6.45, 7) is -0.691. The summed E-state index contributed by atoms with van der Waals surface area (Å²) >= 11 is 0. The predicted octanol–water partition coefficient (Wildman–Crippen LogP) is 0.671. The first-order valence-corrected chi connectivity index (χ1v) is 11.5. The first kappa shape index (κ1) is 15.9. The average Bonchev–Trinajstić information content (AvgIpc) is 3.81. The van der Waals surface area contributed by atoms with Gasteiger partial charge in [0.1, 0.15) is 17.9 Å². The molecule has 1 amide bonds. The SMILES string of the molecule is [2H]c1nc(-n2nnnc2N2CCN(C(=O)C(=O)c3c[nH]c4c(-n5cnc(C([2H])([2H])[2H])n5)ncc(OC([2H])([2H])[2H])c34)CC2)c([2H])c([2H])c1C. The molecule has 1 N–H and O–H groups in total. The van der Waals surface area contributed by atoms with Crippen molar-refractivity contribution in [1.82, 2.24) is 54.8 Å². The molecule has 1 saturated heterocycles. The van der Waals surface area contributed by atoms with E-state index < -0.39 is 31.4 Å². The zero-order valence-electron chi connectivity index (χ0n) is 29.2. The number of ketones is 1. The molecule has 15 heteroatoms. The van der Waals surface area contributed by atoms with E-state index in [9.17, 15) is 9.59 Å². The van der Waals surface area contributed by atoms with Crippen LogP contribution in [0.5, 0.6) is 5.75 Å². The Labute approximate surface area is 234 Å². The van der Waals surface area contributed by atoms with Crippen molar-refractivity contribution >= 4 is 28.5 Å². The molecule has 0 bridgehead atoms. The second kappa shape index (κ2) is 9.59. The Morgan fingerprint density at radius 1 is 1.15 bits per heavy atom. The van der Waals surface area contributed by atoms with Crippen molar-refractivity contribution in [2.45, 2.75) is 13.8 Å². The molecule has 0 saturated carbocycles. The van der Waals surface area contributed by atoms with Crippen LogP contribution in [-0.4, -0.2) is 99.7 Å². The third kappa shape index (κ3) is 4.22. The fraction of sp³-hybridized carbons (Fsp3) is 0.292. The number of ether oxygens (including phenoxy) is 1. The molecule has 1 aliphatic heterocycles. The number of aromatic amines is 1. The van der Waals surface area contributed by atoms with Crippen LogP contribution in [-0.2, 0) is 4.79 Å². The molecular weight excluding hydrogens is 504 g/mol. The van der Waals surface area contributed by atoms with E-state index in [-0.39, 0.29) is 89.8 Å². The van der Waals surface area contributed by atoms with Crippen LogP contribution in [0.2, 0.25) is 0 Å². The van der Waals surface area contributed by atoms with Gasteiger partial charge in [-0.25, -0.2) is 19.6 Å². The Bertz CT molecular complexity index is 2060. The number of anilines is 1. The minimum absolute atomic E-state index is 0.0299. The van der Waals surface area contributed by atoms with Crippen molar-refractivity contribution in [3.63, 3.8) is 0 Å². The Kier molecular flexibility index (Phi) is 3.91. The zero-order valence-corrected chi connectivity index (χ0v) is 20.2. The third-order valence-electron chi connectivity index (χ3n) is 6.11. The van der Waals surface area contributed by atoms with Crippen molar-refractivity contribution < 1.29 is 26.7 Å². The minimum atomic E-state index is -2.94. The first-order valence-electron chi connectivity index (χ1n) is 16.0. The fourth-order valence-corrected chi connectivity index (χ4v) is 4.23. The van der Waals surface area contributed by atoms with E-state index in [1.807, 2.05) is 0 Å². The van der Waals surface area contributed by atoms with Crippen LogP contribution in [0.3, 0.4) is 0 Å². The maximum atomic E-state index is 13.6. The van der Waals surface area contributed by atoms with E-state index in [1.54, 1.807) is 4.90 Å². The van der Waals surface area contributed by atoms with Gasteiger partial charge in [0, 0.05) is 42.7 Å². The number of tetrazole rings is 1. The van der Waals surface area contributed by atoms with Crippen LogP contribution in [0.1, 0.15) is 34.1 Å². The summed E-state index contributed by atoms with van der Waals surface area (Å²) in [5.74, 6) is -2.65. The van der Waals surface area contributed by atoms with Gasteiger partial charge in [-0.05, 0) is 35.8 Å². The van der Waals surface area contributed by atoms with Gasteiger partial charge < -0.3 is 19.5 Å². The monoisotopic (exact) mass is 537 g/mol. The number of carbonyl (C=O) groups excluding carboxylic acids is 2. The minimum Gasteiger partial charge on any atom is -0.494 e. The van der Waals surface area contributed by atoms with Crippen molar-refractivity contribution in [3.8, 4) is 17.4 Å². The summed E-state index contributed by atoms with van der Waals surface area (Å²) in [5.41, 5.74) is 0.0546. The number of aryl methyl sites for hydroxylation is 1. The normalized spacial score (nSPS) is 17.7. The molecule has 5 aromatic heterocycles. The number of pyridine rings is 2. The number of nitrogens with one attached hydrogen (secondary N) is 1. The van der Waals surface area contributed by atoms with E-state index in [2.05, 4.69) is 40.6 Å². The van der Waals surface area contributed by atoms with Gasteiger partial charge in [0.2, 0.25) is 0 Å². The van der Waals surface area contributed by atoms with Crippen molar-refractivity contribution in [1.29, 1.82) is 0 Å². The van der Waals surface area contributed by atoms with Crippen LogP contribution in [0, 0.1) is 13.8 Å². The second-order valence-electron chi connectivity index (χ2n) is 8.43. The van der Waals surface area contributed by atoms with Crippen molar-refractivity contribution in [3.05, 3.63) is 53.9 Å². The molecule has 0 radical (unpaired) electrons. The highest BCUT2D eigenvalue weighted by Gasteiger charge is 2.31. The van der Waals surface area contributed by atoms with E-state index in [0.29, 0.717) is 0 Å². The first-order chi connectivity index (χ1) is 22.5.